The maximum atomic E-state index is 11.7. The predicted octanol–water partition coefficient (Wildman–Crippen LogP) is 2.87. The molecule has 1 aromatic carbocycles. The molecule has 0 spiro atoms. The molecule has 19 heavy (non-hydrogen) atoms. The molecule has 2 aromatic heterocycles. The molecule has 1 amide bonds. The Hall–Kier alpha value is -1.79. The number of primary amides is 1. The Morgan fingerprint density at radius 3 is 2.68 bits per heavy atom. The fraction of sp³-hybridized carbons (Fsp3) is 0.0769. The van der Waals surface area contributed by atoms with Crippen LogP contribution in [0.25, 0.3) is 21.5 Å². The van der Waals surface area contributed by atoms with Crippen LogP contribution < -0.4 is 5.73 Å². The minimum absolute atomic E-state index is 0.378. The van der Waals surface area contributed by atoms with Crippen molar-refractivity contribution in [3.05, 3.63) is 41.0 Å². The van der Waals surface area contributed by atoms with Gasteiger partial charge in [-0.25, -0.2) is 4.98 Å². The number of nitrogens with zero attached hydrogens (tertiary/aromatic N) is 2. The zero-order chi connectivity index (χ0) is 13.6. The van der Waals surface area contributed by atoms with Crippen molar-refractivity contribution in [2.45, 2.75) is 6.92 Å². The second kappa shape index (κ2) is 4.40. The number of carbonyl (C=O) groups is 1. The van der Waals surface area contributed by atoms with E-state index >= 15 is 0 Å². The van der Waals surface area contributed by atoms with E-state index in [1.165, 1.54) is 15.3 Å². The fourth-order valence-corrected chi connectivity index (χ4v) is 3.40. The maximum Gasteiger partial charge on any atom is 0.266 e. The van der Waals surface area contributed by atoms with Crippen molar-refractivity contribution in [3.63, 3.8) is 0 Å². The molecule has 96 valence electrons. The minimum Gasteiger partial charge on any atom is -0.364 e. The zero-order valence-corrected chi connectivity index (χ0v) is 11.8. The van der Waals surface area contributed by atoms with Gasteiger partial charge in [0, 0.05) is 5.56 Å². The Balaban J connectivity index is 2.44. The minimum atomic E-state index is -0.503. The first-order valence-corrected chi connectivity index (χ1v) is 6.87. The number of carbonyl (C=O) groups excluding carboxylic acids is 1. The molecule has 4 nitrogen and oxygen atoms in total. The van der Waals surface area contributed by atoms with Gasteiger partial charge >= 0.3 is 0 Å². The van der Waals surface area contributed by atoms with Crippen LogP contribution in [0.1, 0.15) is 15.5 Å². The van der Waals surface area contributed by atoms with Gasteiger partial charge in [-0.05, 0) is 12.5 Å². The summed E-state index contributed by atoms with van der Waals surface area (Å²) in [4.78, 5) is 17.0. The summed E-state index contributed by atoms with van der Waals surface area (Å²) in [6.45, 7) is 1.93. The molecule has 0 saturated heterocycles. The van der Waals surface area contributed by atoms with E-state index in [9.17, 15) is 4.79 Å². The molecule has 0 unspecified atom stereocenters. The molecule has 0 radical (unpaired) electrons. The highest BCUT2D eigenvalue weighted by molar-refractivity contribution is 7.79. The van der Waals surface area contributed by atoms with E-state index < -0.39 is 5.91 Å². The van der Waals surface area contributed by atoms with Crippen LogP contribution in [0.2, 0.25) is 0 Å². The molecule has 0 atom stereocenters. The molecule has 0 aliphatic rings. The Morgan fingerprint density at radius 1 is 1.37 bits per heavy atom. The first-order valence-electron chi connectivity index (χ1n) is 5.66. The summed E-state index contributed by atoms with van der Waals surface area (Å²) >= 11 is 5.87. The number of aromatic nitrogens is 2. The number of fused-ring (bicyclic) bond motifs is 1. The molecule has 0 saturated carbocycles. The second-order valence-electron chi connectivity index (χ2n) is 4.15. The van der Waals surface area contributed by atoms with Crippen LogP contribution in [0.3, 0.4) is 0 Å². The van der Waals surface area contributed by atoms with Crippen molar-refractivity contribution >= 4 is 40.4 Å². The van der Waals surface area contributed by atoms with Gasteiger partial charge in [0.1, 0.15) is 16.0 Å². The molecule has 0 fully saturated rings. The molecule has 3 rings (SSSR count). The van der Waals surface area contributed by atoms with Crippen molar-refractivity contribution in [1.29, 1.82) is 0 Å². The quantitative estimate of drug-likeness (QED) is 0.713. The van der Waals surface area contributed by atoms with Gasteiger partial charge < -0.3 is 5.73 Å². The summed E-state index contributed by atoms with van der Waals surface area (Å²) in [6.07, 6.45) is 0. The largest absolute Gasteiger partial charge is 0.364 e. The molecule has 0 aliphatic heterocycles. The van der Waals surface area contributed by atoms with E-state index in [-0.39, 0.29) is 0 Å². The highest BCUT2D eigenvalue weighted by Crippen LogP contribution is 2.37. The lowest BCUT2D eigenvalue weighted by molar-refractivity contribution is 0.0996. The Kier molecular flexibility index (Phi) is 2.83. The van der Waals surface area contributed by atoms with Gasteiger partial charge in [-0.1, -0.05) is 43.1 Å². The molecule has 0 bridgehead atoms. The number of aryl methyl sites for hydroxylation is 1. The third-order valence-electron chi connectivity index (χ3n) is 2.89. The van der Waals surface area contributed by atoms with Crippen molar-refractivity contribution < 1.29 is 4.79 Å². The Labute approximate surface area is 119 Å². The summed E-state index contributed by atoms with van der Waals surface area (Å²) in [7, 11) is 0. The molecular formula is C13H11N3OS2. The van der Waals surface area contributed by atoms with Crippen molar-refractivity contribution in [2.24, 2.45) is 5.73 Å². The third kappa shape index (κ3) is 1.84. The number of benzene rings is 1. The van der Waals surface area contributed by atoms with E-state index in [2.05, 4.69) is 17.8 Å². The van der Waals surface area contributed by atoms with E-state index in [0.29, 0.717) is 5.69 Å². The van der Waals surface area contributed by atoms with Gasteiger partial charge in [0.05, 0.1) is 5.01 Å². The number of rotatable bonds is 2. The van der Waals surface area contributed by atoms with E-state index in [1.54, 1.807) is 0 Å². The van der Waals surface area contributed by atoms with Crippen molar-refractivity contribution in [3.8, 4) is 11.1 Å². The predicted molar refractivity (Wildman–Crippen MR) is 80.7 cm³/mol. The van der Waals surface area contributed by atoms with Crippen LogP contribution in [0, 0.1) is 6.92 Å². The van der Waals surface area contributed by atoms with Crippen LogP contribution in [0.5, 0.6) is 0 Å². The summed E-state index contributed by atoms with van der Waals surface area (Å²) < 4.78 is 1.53. The highest BCUT2D eigenvalue weighted by Gasteiger charge is 2.23. The van der Waals surface area contributed by atoms with Gasteiger partial charge in [-0.3, -0.25) is 8.77 Å². The monoisotopic (exact) mass is 289 g/mol. The number of hydrogen-bond acceptors (Lipinski definition) is 4. The lowest BCUT2D eigenvalue weighted by Gasteiger charge is -2.03. The van der Waals surface area contributed by atoms with Gasteiger partial charge in [0.15, 0.2) is 0 Å². The Morgan fingerprint density at radius 2 is 2.05 bits per heavy atom. The van der Waals surface area contributed by atoms with E-state index in [4.69, 9.17) is 5.73 Å². The third-order valence-corrected chi connectivity index (χ3v) is 4.38. The van der Waals surface area contributed by atoms with Crippen LogP contribution in [0.15, 0.2) is 30.3 Å². The average molecular weight is 289 g/mol. The molecule has 2 heterocycles. The maximum absolute atomic E-state index is 11.7. The highest BCUT2D eigenvalue weighted by atomic mass is 32.1. The normalized spacial score (nSPS) is 11.1. The number of amides is 1. The van der Waals surface area contributed by atoms with Crippen molar-refractivity contribution in [1.82, 2.24) is 8.96 Å². The molecular weight excluding hydrogens is 278 g/mol. The smallest absolute Gasteiger partial charge is 0.266 e. The summed E-state index contributed by atoms with van der Waals surface area (Å²) in [6, 6.07) is 9.63. The topological polar surface area (TPSA) is 60.9 Å². The van der Waals surface area contributed by atoms with Gasteiger partial charge in [-0.15, -0.1) is 11.3 Å². The van der Waals surface area contributed by atoms with Crippen LogP contribution in [-0.2, 0) is 0 Å². The molecule has 2 N–H and O–H groups in total. The zero-order valence-electron chi connectivity index (χ0n) is 10.1. The number of nitrogens with two attached hydrogens (primary N) is 1. The summed E-state index contributed by atoms with van der Waals surface area (Å²) in [5.41, 5.74) is 8.30. The standard InChI is InChI=1S/C13H11N3OS2/c1-7-15-10-9(8-5-3-2-4-6-8)11(12(14)17)16(18)13(10)19-7/h2-6,18H,1H3,(H2,14,17). The number of thiazole rings is 1. The van der Waals surface area contributed by atoms with Crippen LogP contribution in [0.4, 0.5) is 0 Å². The molecule has 3 aromatic rings. The number of hydrogen-bond donors (Lipinski definition) is 2. The second-order valence-corrected chi connectivity index (χ2v) is 5.73. The van der Waals surface area contributed by atoms with E-state index in [0.717, 1.165) is 26.5 Å². The summed E-state index contributed by atoms with van der Waals surface area (Å²) in [5, 5.41) is 0.931. The Bertz CT molecular complexity index is 774. The summed E-state index contributed by atoms with van der Waals surface area (Å²) in [5.74, 6) is -0.503. The van der Waals surface area contributed by atoms with Gasteiger partial charge in [0.25, 0.3) is 5.91 Å². The van der Waals surface area contributed by atoms with Crippen molar-refractivity contribution in [2.75, 3.05) is 0 Å². The average Bonchev–Trinajstić information content (AvgIpc) is 2.87. The van der Waals surface area contributed by atoms with Crippen LogP contribution in [-0.4, -0.2) is 14.9 Å². The first-order chi connectivity index (χ1) is 9.09. The van der Waals surface area contributed by atoms with Gasteiger partial charge in [0.2, 0.25) is 0 Å². The lowest BCUT2D eigenvalue weighted by Crippen LogP contribution is -2.14. The fourth-order valence-electron chi connectivity index (χ4n) is 2.15. The SMILES string of the molecule is Cc1nc2c(-c3ccccc3)c(C(N)=O)n(S)c2s1. The first kappa shape index (κ1) is 12.3. The van der Waals surface area contributed by atoms with Gasteiger partial charge in [-0.2, -0.15) is 0 Å². The molecule has 0 aliphatic carbocycles. The lowest BCUT2D eigenvalue weighted by atomic mass is 10.1. The van der Waals surface area contributed by atoms with Crippen LogP contribution >= 0.6 is 24.2 Å². The van der Waals surface area contributed by atoms with E-state index in [1.807, 2.05) is 37.3 Å². The molecule has 6 heteroatoms. The number of thiol groups is 1.